The van der Waals surface area contributed by atoms with Crippen LogP contribution in [0.1, 0.15) is 33.6 Å². The number of ether oxygens (including phenoxy) is 6. The Hall–Kier alpha value is -0.770. The summed E-state index contributed by atoms with van der Waals surface area (Å²) in [5, 5.41) is 2.89. The summed E-state index contributed by atoms with van der Waals surface area (Å²) in [5.41, 5.74) is 0. The van der Waals surface area contributed by atoms with Gasteiger partial charge in [-0.15, -0.1) is 0 Å². The van der Waals surface area contributed by atoms with Crippen molar-refractivity contribution < 1.29 is 33.2 Å². The normalized spacial score (nSPS) is 42.2. The van der Waals surface area contributed by atoms with E-state index in [-0.39, 0.29) is 48.8 Å². The molecule has 2 fully saturated rings. The smallest absolute Gasteiger partial charge is 0.217 e. The van der Waals surface area contributed by atoms with Crippen LogP contribution in [0.15, 0.2) is 0 Å². The molecule has 0 aromatic heterocycles. The summed E-state index contributed by atoms with van der Waals surface area (Å²) >= 11 is 0. The second kappa shape index (κ2) is 9.25. The average Bonchev–Trinajstić information content (AvgIpc) is 2.58. The Kier molecular flexibility index (Phi) is 7.60. The molecule has 0 aromatic rings. The lowest BCUT2D eigenvalue weighted by molar-refractivity contribution is -0.304. The highest BCUT2D eigenvalue weighted by molar-refractivity contribution is 5.73. The molecule has 2 rings (SSSR count). The van der Waals surface area contributed by atoms with Gasteiger partial charge in [0.2, 0.25) is 5.91 Å². The second-order valence-corrected chi connectivity index (χ2v) is 6.62. The van der Waals surface area contributed by atoms with Gasteiger partial charge in [-0.1, -0.05) is 0 Å². The van der Waals surface area contributed by atoms with Crippen LogP contribution >= 0.6 is 0 Å². The summed E-state index contributed by atoms with van der Waals surface area (Å²) in [4.78, 5) is 11.4. The van der Waals surface area contributed by atoms with Crippen molar-refractivity contribution in [3.63, 3.8) is 0 Å². The van der Waals surface area contributed by atoms with Gasteiger partial charge in [0.15, 0.2) is 12.6 Å². The molecule has 2 aliphatic heterocycles. The molecule has 2 saturated heterocycles. The van der Waals surface area contributed by atoms with Gasteiger partial charge in [-0.05, 0) is 13.8 Å². The molecule has 0 aliphatic carbocycles. The van der Waals surface area contributed by atoms with E-state index in [1.54, 1.807) is 21.3 Å². The van der Waals surface area contributed by atoms with Crippen molar-refractivity contribution >= 4 is 5.91 Å². The minimum absolute atomic E-state index is 0.110. The number of carbonyl (C=O) groups excluding carboxylic acids is 1. The molecule has 2 heterocycles. The van der Waals surface area contributed by atoms with Gasteiger partial charge in [-0.3, -0.25) is 4.79 Å². The van der Waals surface area contributed by atoms with Crippen molar-refractivity contribution in [3.05, 3.63) is 0 Å². The molecule has 25 heavy (non-hydrogen) atoms. The third kappa shape index (κ3) is 5.12. The Labute approximate surface area is 149 Å². The molecule has 0 aromatic carbocycles. The zero-order valence-electron chi connectivity index (χ0n) is 15.9. The number of rotatable bonds is 6. The predicted octanol–water partition coefficient (Wildman–Crippen LogP) is 0.823. The number of carbonyl (C=O) groups is 1. The van der Waals surface area contributed by atoms with E-state index in [0.717, 1.165) is 0 Å². The minimum Gasteiger partial charge on any atom is -0.379 e. The first-order valence-corrected chi connectivity index (χ1v) is 8.71. The zero-order chi connectivity index (χ0) is 18.6. The van der Waals surface area contributed by atoms with E-state index in [2.05, 4.69) is 5.32 Å². The summed E-state index contributed by atoms with van der Waals surface area (Å²) in [5.74, 6) is -0.110. The van der Waals surface area contributed by atoms with Gasteiger partial charge in [0, 0.05) is 41.1 Å². The third-order valence-corrected chi connectivity index (χ3v) is 4.86. The number of methoxy groups -OCH3 is 3. The fourth-order valence-corrected chi connectivity index (χ4v) is 3.55. The van der Waals surface area contributed by atoms with Crippen molar-refractivity contribution in [1.29, 1.82) is 0 Å². The Morgan fingerprint density at radius 1 is 0.920 bits per heavy atom. The molecule has 8 unspecified atom stereocenters. The molecule has 0 bridgehead atoms. The van der Waals surface area contributed by atoms with Crippen molar-refractivity contribution in [1.82, 2.24) is 5.32 Å². The summed E-state index contributed by atoms with van der Waals surface area (Å²) < 4.78 is 34.4. The molecular weight excluding hydrogens is 330 g/mol. The van der Waals surface area contributed by atoms with E-state index in [1.807, 2.05) is 13.8 Å². The van der Waals surface area contributed by atoms with E-state index in [1.165, 1.54) is 6.92 Å². The fourth-order valence-electron chi connectivity index (χ4n) is 3.55. The molecule has 0 radical (unpaired) electrons. The van der Waals surface area contributed by atoms with Crippen LogP contribution in [-0.2, 0) is 33.2 Å². The first-order chi connectivity index (χ1) is 11.9. The summed E-state index contributed by atoms with van der Waals surface area (Å²) in [6.07, 6.45) is -0.710. The summed E-state index contributed by atoms with van der Waals surface area (Å²) in [6.45, 7) is 5.32. The van der Waals surface area contributed by atoms with E-state index in [4.69, 9.17) is 28.4 Å². The number of amides is 1. The van der Waals surface area contributed by atoms with Gasteiger partial charge in [-0.2, -0.15) is 0 Å². The third-order valence-electron chi connectivity index (χ3n) is 4.86. The predicted molar refractivity (Wildman–Crippen MR) is 89.0 cm³/mol. The van der Waals surface area contributed by atoms with Crippen molar-refractivity contribution in [3.8, 4) is 0 Å². The summed E-state index contributed by atoms with van der Waals surface area (Å²) in [6, 6.07) is -0.210. The maximum absolute atomic E-state index is 11.4. The van der Waals surface area contributed by atoms with Crippen LogP contribution in [0.4, 0.5) is 0 Å². The van der Waals surface area contributed by atoms with Gasteiger partial charge >= 0.3 is 0 Å². The first-order valence-electron chi connectivity index (χ1n) is 8.71. The Morgan fingerprint density at radius 3 is 2.08 bits per heavy atom. The molecule has 2 aliphatic rings. The monoisotopic (exact) mass is 361 g/mol. The molecule has 1 amide bonds. The first kappa shape index (κ1) is 20.5. The van der Waals surface area contributed by atoms with Gasteiger partial charge in [0.1, 0.15) is 6.10 Å². The quantitative estimate of drug-likeness (QED) is 0.750. The van der Waals surface area contributed by atoms with E-state index in [9.17, 15) is 4.79 Å². The molecule has 146 valence electrons. The van der Waals surface area contributed by atoms with Crippen LogP contribution in [0.3, 0.4) is 0 Å². The highest BCUT2D eigenvalue weighted by atomic mass is 16.7. The van der Waals surface area contributed by atoms with Crippen LogP contribution in [0.2, 0.25) is 0 Å². The van der Waals surface area contributed by atoms with Gasteiger partial charge in [0.25, 0.3) is 0 Å². The lowest BCUT2D eigenvalue weighted by Gasteiger charge is -2.44. The van der Waals surface area contributed by atoms with Crippen LogP contribution in [0, 0.1) is 0 Å². The minimum atomic E-state index is -0.460. The maximum Gasteiger partial charge on any atom is 0.217 e. The van der Waals surface area contributed by atoms with Gasteiger partial charge < -0.3 is 33.7 Å². The van der Waals surface area contributed by atoms with E-state index in [0.29, 0.717) is 12.8 Å². The lowest BCUT2D eigenvalue weighted by Crippen LogP contribution is -2.58. The zero-order valence-corrected chi connectivity index (χ0v) is 15.9. The molecule has 0 spiro atoms. The standard InChI is InChI=1S/C17H31NO7/c1-9-16(18-11(3)19)12(20-4)7-15(23-9)25-17-10(2)24-14(22-6)8-13(17)21-5/h9-10,12-17H,7-8H2,1-6H3,(H,18,19). The summed E-state index contributed by atoms with van der Waals surface area (Å²) in [7, 11) is 4.89. The maximum atomic E-state index is 11.4. The molecule has 8 atom stereocenters. The lowest BCUT2D eigenvalue weighted by atomic mass is 9.98. The number of nitrogens with one attached hydrogen (secondary N) is 1. The van der Waals surface area contributed by atoms with Gasteiger partial charge in [-0.25, -0.2) is 0 Å². The van der Waals surface area contributed by atoms with Crippen molar-refractivity contribution in [2.24, 2.45) is 0 Å². The van der Waals surface area contributed by atoms with Gasteiger partial charge in [0.05, 0.1) is 30.5 Å². The van der Waals surface area contributed by atoms with Crippen molar-refractivity contribution in [2.45, 2.75) is 82.8 Å². The molecule has 8 heteroatoms. The Bertz CT molecular complexity index is 435. The molecule has 0 saturated carbocycles. The molecular formula is C17H31NO7. The Morgan fingerprint density at radius 2 is 1.52 bits per heavy atom. The largest absolute Gasteiger partial charge is 0.379 e. The number of hydrogen-bond acceptors (Lipinski definition) is 7. The highest BCUT2D eigenvalue weighted by Gasteiger charge is 2.43. The highest BCUT2D eigenvalue weighted by Crippen LogP contribution is 2.30. The molecule has 1 N–H and O–H groups in total. The van der Waals surface area contributed by atoms with E-state index >= 15 is 0 Å². The van der Waals surface area contributed by atoms with Crippen LogP contribution < -0.4 is 5.32 Å². The Balaban J connectivity index is 2.01. The topological polar surface area (TPSA) is 84.5 Å². The van der Waals surface area contributed by atoms with Crippen LogP contribution in [0.5, 0.6) is 0 Å². The average molecular weight is 361 g/mol. The van der Waals surface area contributed by atoms with Crippen LogP contribution in [-0.4, -0.2) is 76.4 Å². The van der Waals surface area contributed by atoms with Crippen molar-refractivity contribution in [2.75, 3.05) is 21.3 Å². The SMILES string of the molecule is COC1CC(OC)C(OC2CC(OC)C(NC(C)=O)C(C)O2)C(C)O1. The fraction of sp³-hybridized carbons (Fsp3) is 0.941. The van der Waals surface area contributed by atoms with E-state index < -0.39 is 6.29 Å². The van der Waals surface area contributed by atoms with Crippen LogP contribution in [0.25, 0.3) is 0 Å². The molecule has 8 nitrogen and oxygen atoms in total. The number of hydrogen-bond donors (Lipinski definition) is 1. The second-order valence-electron chi connectivity index (χ2n) is 6.62.